The van der Waals surface area contributed by atoms with Gasteiger partial charge in [-0.15, -0.1) is 0 Å². The standard InChI is InChI=1S/C20H19NO/c1-14-8-9-17(12-15(14)2)10-11-20(22)21-16(3)13-18-6-4-5-7-19(18)21/h4-9,12,16H,13H2,1-3H3. The first-order valence-corrected chi connectivity index (χ1v) is 7.56. The predicted octanol–water partition coefficient (Wildman–Crippen LogP) is 3.63. The highest BCUT2D eigenvalue weighted by Crippen LogP contribution is 2.31. The van der Waals surface area contributed by atoms with Crippen LogP contribution in [0, 0.1) is 25.7 Å². The Hall–Kier alpha value is -2.53. The second kappa shape index (κ2) is 5.69. The van der Waals surface area contributed by atoms with Crippen molar-refractivity contribution >= 4 is 11.6 Å². The molecule has 0 fully saturated rings. The summed E-state index contributed by atoms with van der Waals surface area (Å²) in [6, 6.07) is 14.2. The summed E-state index contributed by atoms with van der Waals surface area (Å²) >= 11 is 0. The molecule has 22 heavy (non-hydrogen) atoms. The monoisotopic (exact) mass is 289 g/mol. The molecule has 0 radical (unpaired) electrons. The van der Waals surface area contributed by atoms with Gasteiger partial charge in [-0.25, -0.2) is 0 Å². The second-order valence-corrected chi connectivity index (χ2v) is 5.91. The van der Waals surface area contributed by atoms with Crippen LogP contribution in [-0.4, -0.2) is 11.9 Å². The van der Waals surface area contributed by atoms with E-state index in [1.165, 1.54) is 16.7 Å². The number of carbonyl (C=O) groups excluding carboxylic acids is 1. The quantitative estimate of drug-likeness (QED) is 0.678. The summed E-state index contributed by atoms with van der Waals surface area (Å²) in [6.45, 7) is 6.19. The van der Waals surface area contributed by atoms with Gasteiger partial charge >= 0.3 is 5.91 Å². The fourth-order valence-electron chi connectivity index (χ4n) is 2.88. The molecule has 0 N–H and O–H groups in total. The van der Waals surface area contributed by atoms with E-state index in [2.05, 4.69) is 38.7 Å². The van der Waals surface area contributed by atoms with Gasteiger partial charge in [-0.3, -0.25) is 9.69 Å². The van der Waals surface area contributed by atoms with Crippen molar-refractivity contribution < 1.29 is 4.79 Å². The van der Waals surface area contributed by atoms with E-state index in [4.69, 9.17) is 0 Å². The van der Waals surface area contributed by atoms with Gasteiger partial charge in [0, 0.05) is 23.2 Å². The molecular weight excluding hydrogens is 270 g/mol. The lowest BCUT2D eigenvalue weighted by atomic mass is 10.1. The summed E-state index contributed by atoms with van der Waals surface area (Å²) in [7, 11) is 0. The van der Waals surface area contributed by atoms with Crippen LogP contribution < -0.4 is 4.90 Å². The first kappa shape index (κ1) is 14.4. The number of benzene rings is 2. The SMILES string of the molecule is Cc1ccc(C#CC(=O)N2c3ccccc3CC2C)cc1C. The molecule has 1 aliphatic heterocycles. The molecule has 0 spiro atoms. The molecule has 0 saturated heterocycles. The zero-order valence-corrected chi connectivity index (χ0v) is 13.2. The van der Waals surface area contributed by atoms with Crippen molar-refractivity contribution in [1.29, 1.82) is 0 Å². The van der Waals surface area contributed by atoms with Gasteiger partial charge in [-0.2, -0.15) is 0 Å². The number of fused-ring (bicyclic) bond motifs is 1. The van der Waals surface area contributed by atoms with Crippen molar-refractivity contribution in [3.8, 4) is 11.8 Å². The van der Waals surface area contributed by atoms with Crippen LogP contribution in [0.15, 0.2) is 42.5 Å². The minimum absolute atomic E-state index is 0.129. The van der Waals surface area contributed by atoms with E-state index in [-0.39, 0.29) is 11.9 Å². The van der Waals surface area contributed by atoms with Crippen LogP contribution in [0.4, 0.5) is 5.69 Å². The molecule has 2 heteroatoms. The molecule has 2 aromatic carbocycles. The normalized spacial score (nSPS) is 16.0. The average Bonchev–Trinajstić information content (AvgIpc) is 2.84. The van der Waals surface area contributed by atoms with E-state index in [1.807, 2.05) is 41.3 Å². The third kappa shape index (κ3) is 2.63. The van der Waals surface area contributed by atoms with E-state index in [9.17, 15) is 4.79 Å². The number of hydrogen-bond acceptors (Lipinski definition) is 1. The molecule has 1 atom stereocenters. The van der Waals surface area contributed by atoms with E-state index >= 15 is 0 Å². The zero-order chi connectivity index (χ0) is 15.7. The number of para-hydroxylation sites is 1. The second-order valence-electron chi connectivity index (χ2n) is 5.91. The van der Waals surface area contributed by atoms with Crippen molar-refractivity contribution in [2.45, 2.75) is 33.2 Å². The fraction of sp³-hybridized carbons (Fsp3) is 0.250. The van der Waals surface area contributed by atoms with Crippen molar-refractivity contribution in [3.05, 3.63) is 64.7 Å². The number of amides is 1. The van der Waals surface area contributed by atoms with Crippen LogP contribution in [0.5, 0.6) is 0 Å². The number of nitrogens with zero attached hydrogens (tertiary/aromatic N) is 1. The number of rotatable bonds is 0. The maximum atomic E-state index is 12.5. The summed E-state index contributed by atoms with van der Waals surface area (Å²) in [5.41, 5.74) is 5.53. The van der Waals surface area contributed by atoms with Crippen LogP contribution in [0.25, 0.3) is 0 Å². The Kier molecular flexibility index (Phi) is 3.73. The fourth-order valence-corrected chi connectivity index (χ4v) is 2.88. The van der Waals surface area contributed by atoms with E-state index in [1.54, 1.807) is 0 Å². The van der Waals surface area contributed by atoms with Gasteiger partial charge in [-0.05, 0) is 62.1 Å². The lowest BCUT2D eigenvalue weighted by Gasteiger charge is -2.19. The molecule has 0 aliphatic carbocycles. The molecule has 1 aliphatic rings. The third-order valence-corrected chi connectivity index (χ3v) is 4.25. The van der Waals surface area contributed by atoms with Crippen molar-refractivity contribution in [1.82, 2.24) is 0 Å². The first-order chi connectivity index (χ1) is 10.6. The van der Waals surface area contributed by atoms with Gasteiger partial charge in [0.15, 0.2) is 0 Å². The van der Waals surface area contributed by atoms with Gasteiger partial charge in [0.05, 0.1) is 0 Å². The summed E-state index contributed by atoms with van der Waals surface area (Å²) in [6.07, 6.45) is 0.896. The molecule has 0 bridgehead atoms. The summed E-state index contributed by atoms with van der Waals surface area (Å²) in [5.74, 6) is 5.67. The van der Waals surface area contributed by atoms with Crippen molar-refractivity contribution in [2.24, 2.45) is 0 Å². The molecule has 2 aromatic rings. The summed E-state index contributed by atoms with van der Waals surface area (Å²) in [5, 5.41) is 0. The number of aryl methyl sites for hydroxylation is 2. The zero-order valence-electron chi connectivity index (χ0n) is 13.2. The van der Waals surface area contributed by atoms with Crippen molar-refractivity contribution in [2.75, 3.05) is 4.90 Å². The Morgan fingerprint density at radius 1 is 1.14 bits per heavy atom. The lowest BCUT2D eigenvalue weighted by Crippen LogP contribution is -2.34. The third-order valence-electron chi connectivity index (χ3n) is 4.25. The van der Waals surface area contributed by atoms with Gasteiger partial charge in [-0.1, -0.05) is 30.2 Å². The number of carbonyl (C=O) groups is 1. The molecule has 1 amide bonds. The highest BCUT2D eigenvalue weighted by atomic mass is 16.2. The molecule has 3 rings (SSSR count). The Labute approximate surface area is 131 Å². The Morgan fingerprint density at radius 2 is 1.91 bits per heavy atom. The molecular formula is C20H19NO. The topological polar surface area (TPSA) is 20.3 Å². The van der Waals surface area contributed by atoms with E-state index in [0.29, 0.717) is 0 Å². The summed E-state index contributed by atoms with van der Waals surface area (Å²) < 4.78 is 0. The first-order valence-electron chi connectivity index (χ1n) is 7.56. The Morgan fingerprint density at radius 3 is 2.68 bits per heavy atom. The van der Waals surface area contributed by atoms with Crippen LogP contribution >= 0.6 is 0 Å². The Balaban J connectivity index is 1.87. The van der Waals surface area contributed by atoms with Gasteiger partial charge in [0.25, 0.3) is 0 Å². The van der Waals surface area contributed by atoms with Gasteiger partial charge in [0.1, 0.15) is 0 Å². The average molecular weight is 289 g/mol. The molecule has 0 saturated carbocycles. The van der Waals surface area contributed by atoms with Gasteiger partial charge in [0.2, 0.25) is 0 Å². The van der Waals surface area contributed by atoms with E-state index < -0.39 is 0 Å². The molecule has 2 nitrogen and oxygen atoms in total. The number of hydrogen-bond donors (Lipinski definition) is 0. The maximum Gasteiger partial charge on any atom is 0.303 e. The summed E-state index contributed by atoms with van der Waals surface area (Å²) in [4.78, 5) is 14.3. The lowest BCUT2D eigenvalue weighted by molar-refractivity contribution is -0.113. The largest absolute Gasteiger partial charge is 0.303 e. The molecule has 1 unspecified atom stereocenters. The van der Waals surface area contributed by atoms with Gasteiger partial charge < -0.3 is 0 Å². The predicted molar refractivity (Wildman–Crippen MR) is 89.9 cm³/mol. The minimum atomic E-state index is -0.129. The number of anilines is 1. The minimum Gasteiger partial charge on any atom is -0.298 e. The van der Waals surface area contributed by atoms with E-state index in [0.717, 1.165) is 17.7 Å². The van der Waals surface area contributed by atoms with Crippen LogP contribution in [0.1, 0.15) is 29.2 Å². The van der Waals surface area contributed by atoms with Crippen LogP contribution in [0.3, 0.4) is 0 Å². The highest BCUT2D eigenvalue weighted by Gasteiger charge is 2.29. The molecule has 0 aromatic heterocycles. The van der Waals surface area contributed by atoms with Crippen LogP contribution in [-0.2, 0) is 11.2 Å². The smallest absolute Gasteiger partial charge is 0.298 e. The molecule has 110 valence electrons. The van der Waals surface area contributed by atoms with Crippen LogP contribution in [0.2, 0.25) is 0 Å². The van der Waals surface area contributed by atoms with Crippen molar-refractivity contribution in [3.63, 3.8) is 0 Å². The highest BCUT2D eigenvalue weighted by molar-refractivity contribution is 6.07. The Bertz CT molecular complexity index is 795. The molecule has 1 heterocycles. The maximum absolute atomic E-state index is 12.5.